The van der Waals surface area contributed by atoms with E-state index in [1.807, 2.05) is 29.2 Å². The Labute approximate surface area is 142 Å². The molecular formula is C18H23N5O. The molecule has 1 aliphatic heterocycles. The molecule has 2 heterocycles. The Bertz CT molecular complexity index is 693. The van der Waals surface area contributed by atoms with Crippen LogP contribution in [-0.2, 0) is 6.42 Å². The summed E-state index contributed by atoms with van der Waals surface area (Å²) in [5.41, 5.74) is 2.64. The van der Waals surface area contributed by atoms with E-state index < -0.39 is 0 Å². The minimum absolute atomic E-state index is 0.0453. The Morgan fingerprint density at radius 1 is 1.08 bits per heavy atom. The number of carbonyl (C=O) groups is 1. The number of likely N-dealkylation sites (N-methyl/N-ethyl adjacent to an activating group) is 1. The number of piperazine rings is 1. The number of nitrogens with zero attached hydrogens (tertiary/aromatic N) is 4. The normalized spacial score (nSPS) is 15.3. The molecule has 1 aliphatic rings. The van der Waals surface area contributed by atoms with Crippen molar-refractivity contribution in [2.75, 3.05) is 38.5 Å². The highest BCUT2D eigenvalue weighted by molar-refractivity contribution is 5.92. The van der Waals surface area contributed by atoms with Gasteiger partial charge in [-0.1, -0.05) is 25.1 Å². The van der Waals surface area contributed by atoms with E-state index in [1.165, 1.54) is 5.56 Å². The summed E-state index contributed by atoms with van der Waals surface area (Å²) in [4.78, 5) is 16.5. The zero-order chi connectivity index (χ0) is 16.9. The summed E-state index contributed by atoms with van der Waals surface area (Å²) >= 11 is 0. The van der Waals surface area contributed by atoms with Crippen molar-refractivity contribution in [3.05, 3.63) is 47.7 Å². The van der Waals surface area contributed by atoms with Crippen LogP contribution in [-0.4, -0.2) is 59.1 Å². The minimum Gasteiger partial charge on any atom is -0.339 e. The summed E-state index contributed by atoms with van der Waals surface area (Å²) in [6.07, 6.45) is 0.941. The van der Waals surface area contributed by atoms with Crippen LogP contribution in [0.25, 0.3) is 0 Å². The molecule has 0 aliphatic carbocycles. The summed E-state index contributed by atoms with van der Waals surface area (Å²) < 4.78 is 0. The van der Waals surface area contributed by atoms with E-state index in [0.717, 1.165) is 38.3 Å². The maximum atomic E-state index is 12.5. The lowest BCUT2D eigenvalue weighted by Crippen LogP contribution is -2.47. The highest BCUT2D eigenvalue weighted by atomic mass is 16.2. The van der Waals surface area contributed by atoms with Crippen molar-refractivity contribution < 1.29 is 4.79 Å². The zero-order valence-electron chi connectivity index (χ0n) is 14.2. The van der Waals surface area contributed by atoms with Crippen molar-refractivity contribution in [3.63, 3.8) is 0 Å². The lowest BCUT2D eigenvalue weighted by atomic mass is 10.1. The molecule has 6 heteroatoms. The fourth-order valence-corrected chi connectivity index (χ4v) is 2.77. The highest BCUT2D eigenvalue weighted by Gasteiger charge is 2.21. The van der Waals surface area contributed by atoms with Gasteiger partial charge in [-0.25, -0.2) is 0 Å². The van der Waals surface area contributed by atoms with Gasteiger partial charge in [0, 0.05) is 31.9 Å². The number of rotatable bonds is 4. The van der Waals surface area contributed by atoms with E-state index in [4.69, 9.17) is 0 Å². The predicted molar refractivity (Wildman–Crippen MR) is 94.5 cm³/mol. The second-order valence-corrected chi connectivity index (χ2v) is 6.03. The van der Waals surface area contributed by atoms with Gasteiger partial charge in [0.25, 0.3) is 5.91 Å². The van der Waals surface area contributed by atoms with E-state index in [2.05, 4.69) is 40.5 Å². The fraction of sp³-hybridized carbons (Fsp3) is 0.389. The first-order valence-electron chi connectivity index (χ1n) is 8.34. The molecule has 0 bridgehead atoms. The molecule has 1 amide bonds. The van der Waals surface area contributed by atoms with Crippen LogP contribution in [0.3, 0.4) is 0 Å². The third-order valence-electron chi connectivity index (χ3n) is 4.34. The lowest BCUT2D eigenvalue weighted by molar-refractivity contribution is 0.0657. The Morgan fingerprint density at radius 2 is 1.83 bits per heavy atom. The first-order chi connectivity index (χ1) is 11.7. The largest absolute Gasteiger partial charge is 0.339 e. The molecular weight excluding hydrogens is 302 g/mol. The number of hydrogen-bond donors (Lipinski definition) is 1. The van der Waals surface area contributed by atoms with Crippen molar-refractivity contribution in [2.45, 2.75) is 13.3 Å². The van der Waals surface area contributed by atoms with Crippen LogP contribution in [0.2, 0.25) is 0 Å². The van der Waals surface area contributed by atoms with Gasteiger partial charge in [-0.05, 0) is 37.2 Å². The third-order valence-corrected chi connectivity index (χ3v) is 4.34. The molecule has 1 aromatic heterocycles. The molecule has 0 unspecified atom stereocenters. The molecule has 1 fully saturated rings. The van der Waals surface area contributed by atoms with Gasteiger partial charge in [0.15, 0.2) is 11.5 Å². The number of amides is 1. The molecule has 126 valence electrons. The summed E-state index contributed by atoms with van der Waals surface area (Å²) in [6.45, 7) is 5.38. The van der Waals surface area contributed by atoms with E-state index in [-0.39, 0.29) is 5.91 Å². The summed E-state index contributed by atoms with van der Waals surface area (Å²) in [5, 5.41) is 11.5. The Kier molecular flexibility index (Phi) is 5.05. The van der Waals surface area contributed by atoms with Crippen molar-refractivity contribution in [3.8, 4) is 0 Å². The zero-order valence-corrected chi connectivity index (χ0v) is 14.2. The third kappa shape index (κ3) is 3.71. The van der Waals surface area contributed by atoms with Gasteiger partial charge in [0.2, 0.25) is 0 Å². The number of anilines is 2. The molecule has 0 radical (unpaired) electrons. The van der Waals surface area contributed by atoms with Crippen LogP contribution >= 0.6 is 0 Å². The topological polar surface area (TPSA) is 61.4 Å². The minimum atomic E-state index is -0.0453. The summed E-state index contributed by atoms with van der Waals surface area (Å²) in [6, 6.07) is 11.7. The maximum Gasteiger partial charge on any atom is 0.274 e. The van der Waals surface area contributed by atoms with Gasteiger partial charge in [0.1, 0.15) is 0 Å². The molecule has 0 atom stereocenters. The van der Waals surface area contributed by atoms with E-state index >= 15 is 0 Å². The van der Waals surface area contributed by atoms with E-state index in [1.54, 1.807) is 6.07 Å². The van der Waals surface area contributed by atoms with Crippen LogP contribution in [0.15, 0.2) is 36.4 Å². The van der Waals surface area contributed by atoms with Gasteiger partial charge in [0.05, 0.1) is 0 Å². The predicted octanol–water partition coefficient (Wildman–Crippen LogP) is 2.17. The van der Waals surface area contributed by atoms with Crippen LogP contribution in [0.5, 0.6) is 0 Å². The fourth-order valence-electron chi connectivity index (χ4n) is 2.77. The average Bonchev–Trinajstić information content (AvgIpc) is 2.63. The Morgan fingerprint density at radius 3 is 2.50 bits per heavy atom. The number of aromatic nitrogens is 2. The van der Waals surface area contributed by atoms with Gasteiger partial charge < -0.3 is 15.1 Å². The van der Waals surface area contributed by atoms with E-state index in [0.29, 0.717) is 11.5 Å². The second kappa shape index (κ2) is 7.40. The molecule has 1 saturated heterocycles. The molecule has 1 aromatic carbocycles. The first kappa shape index (κ1) is 16.4. The average molecular weight is 325 g/mol. The number of para-hydroxylation sites is 1. The number of nitrogens with one attached hydrogen (secondary N) is 1. The monoisotopic (exact) mass is 325 g/mol. The van der Waals surface area contributed by atoms with Gasteiger partial charge in [-0.2, -0.15) is 0 Å². The second-order valence-electron chi connectivity index (χ2n) is 6.03. The standard InChI is InChI=1S/C18H23N5O/c1-3-14-6-4-5-7-15(14)19-17-9-8-16(20-21-17)18(24)23-12-10-22(2)11-13-23/h4-9H,3,10-13H2,1-2H3,(H,19,21). The van der Waals surface area contributed by atoms with Crippen molar-refractivity contribution in [1.29, 1.82) is 0 Å². The van der Waals surface area contributed by atoms with E-state index in [9.17, 15) is 4.79 Å². The Balaban J connectivity index is 1.68. The summed E-state index contributed by atoms with van der Waals surface area (Å²) in [7, 11) is 2.07. The van der Waals surface area contributed by atoms with Crippen LogP contribution in [0.4, 0.5) is 11.5 Å². The van der Waals surface area contributed by atoms with Crippen molar-refractivity contribution in [2.24, 2.45) is 0 Å². The summed E-state index contributed by atoms with van der Waals surface area (Å²) in [5.74, 6) is 0.599. The molecule has 2 aromatic rings. The lowest BCUT2D eigenvalue weighted by Gasteiger charge is -2.32. The SMILES string of the molecule is CCc1ccccc1Nc1ccc(C(=O)N2CCN(C)CC2)nn1. The molecule has 24 heavy (non-hydrogen) atoms. The maximum absolute atomic E-state index is 12.5. The first-order valence-corrected chi connectivity index (χ1v) is 8.34. The number of aryl methyl sites for hydroxylation is 1. The number of benzene rings is 1. The van der Waals surface area contributed by atoms with Crippen LogP contribution in [0, 0.1) is 0 Å². The van der Waals surface area contributed by atoms with Crippen molar-refractivity contribution >= 4 is 17.4 Å². The molecule has 0 saturated carbocycles. The number of carbonyl (C=O) groups excluding carboxylic acids is 1. The number of hydrogen-bond acceptors (Lipinski definition) is 5. The smallest absolute Gasteiger partial charge is 0.274 e. The van der Waals surface area contributed by atoms with Gasteiger partial charge in [-0.15, -0.1) is 10.2 Å². The van der Waals surface area contributed by atoms with Crippen LogP contribution < -0.4 is 5.32 Å². The highest BCUT2D eigenvalue weighted by Crippen LogP contribution is 2.19. The molecule has 6 nitrogen and oxygen atoms in total. The van der Waals surface area contributed by atoms with Gasteiger partial charge in [-0.3, -0.25) is 4.79 Å². The van der Waals surface area contributed by atoms with Crippen molar-refractivity contribution in [1.82, 2.24) is 20.0 Å². The molecule has 0 spiro atoms. The molecule has 3 rings (SSSR count). The van der Waals surface area contributed by atoms with Crippen LogP contribution in [0.1, 0.15) is 23.0 Å². The Hall–Kier alpha value is -2.47. The quantitative estimate of drug-likeness (QED) is 0.933. The van der Waals surface area contributed by atoms with Gasteiger partial charge >= 0.3 is 0 Å². The molecule has 1 N–H and O–H groups in total.